The van der Waals surface area contributed by atoms with Crippen molar-refractivity contribution in [2.75, 3.05) is 33.4 Å². The fourth-order valence-corrected chi connectivity index (χ4v) is 3.49. The highest BCUT2D eigenvalue weighted by atomic mass is 79.9. The Morgan fingerprint density at radius 3 is 2.78 bits per heavy atom. The van der Waals surface area contributed by atoms with Gasteiger partial charge >= 0.3 is 5.97 Å². The summed E-state index contributed by atoms with van der Waals surface area (Å²) in [7, 11) is 1.96. The lowest BCUT2D eigenvalue weighted by Crippen LogP contribution is -2.55. The number of halogens is 1. The molecular formula is C12H16BrNO3S. The van der Waals surface area contributed by atoms with Gasteiger partial charge in [-0.15, -0.1) is 11.3 Å². The maximum absolute atomic E-state index is 11.2. The number of thiophene rings is 1. The van der Waals surface area contributed by atoms with Crippen LogP contribution >= 0.6 is 27.3 Å². The highest BCUT2D eigenvalue weighted by Gasteiger charge is 2.46. The standard InChI is InChI=1S/C12H16BrNO3S/c1-14(5-4-9-2-3-10(13)18-9)6-12(11(15)16)7-17-8-12/h2-3H,4-8H2,1H3,(H,15,16). The molecule has 0 unspecified atom stereocenters. The van der Waals surface area contributed by atoms with Crippen molar-refractivity contribution >= 4 is 33.2 Å². The molecule has 1 N–H and O–H groups in total. The second kappa shape index (κ2) is 5.69. The van der Waals surface area contributed by atoms with Gasteiger partial charge in [0.05, 0.1) is 17.0 Å². The molecular weight excluding hydrogens is 318 g/mol. The van der Waals surface area contributed by atoms with E-state index in [1.54, 1.807) is 11.3 Å². The molecule has 1 saturated heterocycles. The first kappa shape index (κ1) is 14.0. The summed E-state index contributed by atoms with van der Waals surface area (Å²) >= 11 is 5.16. The lowest BCUT2D eigenvalue weighted by atomic mass is 9.85. The van der Waals surface area contributed by atoms with E-state index in [0.717, 1.165) is 16.8 Å². The molecule has 0 spiro atoms. The van der Waals surface area contributed by atoms with Crippen LogP contribution in [-0.2, 0) is 16.0 Å². The highest BCUT2D eigenvalue weighted by Crippen LogP contribution is 2.29. The smallest absolute Gasteiger partial charge is 0.315 e. The second-order valence-corrected chi connectivity index (χ2v) is 7.32. The Hall–Kier alpha value is -0.430. The fraction of sp³-hybridized carbons (Fsp3) is 0.583. The van der Waals surface area contributed by atoms with Gasteiger partial charge in [-0.1, -0.05) is 0 Å². The number of aliphatic carboxylic acids is 1. The lowest BCUT2D eigenvalue weighted by molar-refractivity contribution is -0.182. The monoisotopic (exact) mass is 333 g/mol. The fourth-order valence-electron chi connectivity index (χ4n) is 2.01. The van der Waals surface area contributed by atoms with Gasteiger partial charge in [-0.25, -0.2) is 0 Å². The van der Waals surface area contributed by atoms with Gasteiger partial charge in [-0.3, -0.25) is 4.79 Å². The van der Waals surface area contributed by atoms with Crippen LogP contribution in [0.3, 0.4) is 0 Å². The van der Waals surface area contributed by atoms with Crippen LogP contribution in [0.5, 0.6) is 0 Å². The van der Waals surface area contributed by atoms with Gasteiger partial charge in [0.25, 0.3) is 0 Å². The summed E-state index contributed by atoms with van der Waals surface area (Å²) in [6.45, 7) is 2.07. The molecule has 2 heterocycles. The van der Waals surface area contributed by atoms with E-state index in [1.165, 1.54) is 4.88 Å². The van der Waals surface area contributed by atoms with Crippen molar-refractivity contribution < 1.29 is 14.6 Å². The Kier molecular flexibility index (Phi) is 4.42. The van der Waals surface area contributed by atoms with Crippen molar-refractivity contribution in [3.8, 4) is 0 Å². The number of hydrogen-bond acceptors (Lipinski definition) is 4. The molecule has 0 saturated carbocycles. The van der Waals surface area contributed by atoms with E-state index in [4.69, 9.17) is 4.74 Å². The van der Waals surface area contributed by atoms with Crippen LogP contribution in [0, 0.1) is 5.41 Å². The van der Waals surface area contributed by atoms with E-state index in [2.05, 4.69) is 26.9 Å². The van der Waals surface area contributed by atoms with E-state index < -0.39 is 11.4 Å². The molecule has 1 fully saturated rings. The van der Waals surface area contributed by atoms with Gasteiger partial charge in [0, 0.05) is 18.0 Å². The number of carboxylic acids is 1. The van der Waals surface area contributed by atoms with Gasteiger partial charge < -0.3 is 14.7 Å². The van der Waals surface area contributed by atoms with Crippen LogP contribution in [0.15, 0.2) is 15.9 Å². The number of likely N-dealkylation sites (N-methyl/N-ethyl adjacent to an activating group) is 1. The number of carbonyl (C=O) groups is 1. The summed E-state index contributed by atoms with van der Waals surface area (Å²) < 4.78 is 6.19. The Morgan fingerprint density at radius 1 is 1.61 bits per heavy atom. The maximum Gasteiger partial charge on any atom is 0.315 e. The average Bonchev–Trinajstić information content (AvgIpc) is 2.66. The van der Waals surface area contributed by atoms with Gasteiger partial charge in [-0.2, -0.15) is 0 Å². The molecule has 1 aliphatic rings. The third-order valence-corrected chi connectivity index (χ3v) is 4.84. The quantitative estimate of drug-likeness (QED) is 0.865. The van der Waals surface area contributed by atoms with Gasteiger partial charge in [0.2, 0.25) is 0 Å². The van der Waals surface area contributed by atoms with Gasteiger partial charge in [-0.05, 0) is 41.5 Å². The average molecular weight is 334 g/mol. The lowest BCUT2D eigenvalue weighted by Gasteiger charge is -2.40. The van der Waals surface area contributed by atoms with Crippen LogP contribution < -0.4 is 0 Å². The topological polar surface area (TPSA) is 49.8 Å². The first-order chi connectivity index (χ1) is 8.52. The molecule has 0 aliphatic carbocycles. The van der Waals surface area contributed by atoms with Crippen LogP contribution in [0.2, 0.25) is 0 Å². The molecule has 100 valence electrons. The third-order valence-electron chi connectivity index (χ3n) is 3.15. The first-order valence-corrected chi connectivity index (χ1v) is 7.37. The number of hydrogen-bond donors (Lipinski definition) is 1. The van der Waals surface area contributed by atoms with Gasteiger partial charge in [0.15, 0.2) is 0 Å². The molecule has 18 heavy (non-hydrogen) atoms. The first-order valence-electron chi connectivity index (χ1n) is 5.76. The van der Waals surface area contributed by atoms with Crippen molar-refractivity contribution in [3.63, 3.8) is 0 Å². The minimum atomic E-state index is -0.750. The largest absolute Gasteiger partial charge is 0.481 e. The number of carboxylic acid groups (broad SMARTS) is 1. The summed E-state index contributed by atoms with van der Waals surface area (Å²) in [6, 6.07) is 4.14. The summed E-state index contributed by atoms with van der Waals surface area (Å²) in [6.07, 6.45) is 0.948. The van der Waals surface area contributed by atoms with E-state index in [-0.39, 0.29) is 0 Å². The predicted molar refractivity (Wildman–Crippen MR) is 74.1 cm³/mol. The van der Waals surface area contributed by atoms with Crippen LogP contribution in [0.4, 0.5) is 0 Å². The SMILES string of the molecule is CN(CCc1ccc(Br)s1)CC1(C(=O)O)COC1. The molecule has 0 radical (unpaired) electrons. The summed E-state index contributed by atoms with van der Waals surface area (Å²) in [5.74, 6) is -0.750. The van der Waals surface area contributed by atoms with E-state index in [1.807, 2.05) is 13.1 Å². The molecule has 0 amide bonds. The summed E-state index contributed by atoms with van der Waals surface area (Å²) in [5.41, 5.74) is -0.690. The molecule has 0 bridgehead atoms. The highest BCUT2D eigenvalue weighted by molar-refractivity contribution is 9.11. The van der Waals surface area contributed by atoms with Crippen molar-refractivity contribution in [1.82, 2.24) is 4.90 Å². The van der Waals surface area contributed by atoms with Gasteiger partial charge in [0.1, 0.15) is 5.41 Å². The Balaban J connectivity index is 1.81. The molecule has 2 rings (SSSR count). The summed E-state index contributed by atoms with van der Waals surface area (Å²) in [4.78, 5) is 14.6. The Bertz CT molecular complexity index is 431. The van der Waals surface area contributed by atoms with Crippen LogP contribution in [-0.4, -0.2) is 49.3 Å². The van der Waals surface area contributed by atoms with E-state index >= 15 is 0 Å². The Labute approximate surface area is 119 Å². The zero-order chi connectivity index (χ0) is 13.2. The van der Waals surface area contributed by atoms with Crippen LogP contribution in [0.1, 0.15) is 4.88 Å². The zero-order valence-electron chi connectivity index (χ0n) is 10.2. The summed E-state index contributed by atoms with van der Waals surface area (Å²) in [5, 5.41) is 9.21. The molecule has 1 aromatic rings. The maximum atomic E-state index is 11.2. The van der Waals surface area contributed by atoms with Crippen molar-refractivity contribution in [2.45, 2.75) is 6.42 Å². The zero-order valence-corrected chi connectivity index (χ0v) is 12.6. The third kappa shape index (κ3) is 3.12. The minimum Gasteiger partial charge on any atom is -0.481 e. The second-order valence-electron chi connectivity index (χ2n) is 4.77. The Morgan fingerprint density at radius 2 is 2.33 bits per heavy atom. The van der Waals surface area contributed by atoms with E-state index in [0.29, 0.717) is 19.8 Å². The minimum absolute atomic E-state index is 0.331. The molecule has 6 heteroatoms. The van der Waals surface area contributed by atoms with E-state index in [9.17, 15) is 9.90 Å². The molecule has 1 aromatic heterocycles. The van der Waals surface area contributed by atoms with Crippen molar-refractivity contribution in [3.05, 3.63) is 20.8 Å². The molecule has 0 atom stereocenters. The van der Waals surface area contributed by atoms with Crippen molar-refractivity contribution in [1.29, 1.82) is 0 Å². The molecule has 1 aliphatic heterocycles. The number of rotatable bonds is 6. The molecule has 4 nitrogen and oxygen atoms in total. The van der Waals surface area contributed by atoms with Crippen LogP contribution in [0.25, 0.3) is 0 Å². The number of ether oxygens (including phenoxy) is 1. The van der Waals surface area contributed by atoms with Crippen molar-refractivity contribution in [2.24, 2.45) is 5.41 Å². The normalized spacial score (nSPS) is 17.7. The predicted octanol–water partition coefficient (Wildman–Crippen LogP) is 2.09. The number of nitrogens with zero attached hydrogens (tertiary/aromatic N) is 1. The molecule has 0 aromatic carbocycles.